The SMILES string of the molecule is C=CC(=O)c1ccc(OCCN2CCCC2)cc1. The molecule has 0 amide bonds. The molecule has 1 aliphatic heterocycles. The summed E-state index contributed by atoms with van der Waals surface area (Å²) in [5, 5.41) is 0. The van der Waals surface area contributed by atoms with E-state index in [-0.39, 0.29) is 5.78 Å². The second-order valence-corrected chi connectivity index (χ2v) is 4.49. The van der Waals surface area contributed by atoms with E-state index in [0.29, 0.717) is 12.2 Å². The summed E-state index contributed by atoms with van der Waals surface area (Å²) < 4.78 is 5.66. The number of ether oxygens (including phenoxy) is 1. The molecule has 0 spiro atoms. The minimum atomic E-state index is -0.0568. The molecular weight excluding hydrogens is 226 g/mol. The number of nitrogens with zero attached hydrogens (tertiary/aromatic N) is 1. The van der Waals surface area contributed by atoms with Crippen LogP contribution in [-0.2, 0) is 0 Å². The highest BCUT2D eigenvalue weighted by molar-refractivity contribution is 6.04. The number of hydrogen-bond acceptors (Lipinski definition) is 3. The van der Waals surface area contributed by atoms with Crippen LogP contribution in [0.15, 0.2) is 36.9 Å². The highest BCUT2D eigenvalue weighted by Gasteiger charge is 2.10. The summed E-state index contributed by atoms with van der Waals surface area (Å²) in [7, 11) is 0. The highest BCUT2D eigenvalue weighted by Crippen LogP contribution is 2.13. The van der Waals surface area contributed by atoms with Crippen LogP contribution in [-0.4, -0.2) is 36.9 Å². The van der Waals surface area contributed by atoms with E-state index < -0.39 is 0 Å². The van der Waals surface area contributed by atoms with Crippen LogP contribution in [0, 0.1) is 0 Å². The molecule has 1 saturated heterocycles. The Labute approximate surface area is 108 Å². The van der Waals surface area contributed by atoms with Gasteiger partial charge in [0, 0.05) is 12.1 Å². The lowest BCUT2D eigenvalue weighted by Gasteiger charge is -2.14. The van der Waals surface area contributed by atoms with Gasteiger partial charge in [0.15, 0.2) is 5.78 Å². The maximum Gasteiger partial charge on any atom is 0.185 e. The zero-order chi connectivity index (χ0) is 12.8. The minimum absolute atomic E-state index is 0.0568. The highest BCUT2D eigenvalue weighted by atomic mass is 16.5. The van der Waals surface area contributed by atoms with Crippen molar-refractivity contribution in [2.75, 3.05) is 26.2 Å². The predicted octanol–water partition coefficient (Wildman–Crippen LogP) is 2.53. The van der Waals surface area contributed by atoms with Crippen molar-refractivity contribution in [1.82, 2.24) is 4.90 Å². The zero-order valence-electron chi connectivity index (χ0n) is 10.6. The molecule has 1 fully saturated rings. The van der Waals surface area contributed by atoms with Gasteiger partial charge in [-0.3, -0.25) is 9.69 Å². The average molecular weight is 245 g/mol. The summed E-state index contributed by atoms with van der Waals surface area (Å²) in [5.74, 6) is 0.758. The van der Waals surface area contributed by atoms with E-state index in [1.165, 1.54) is 32.0 Å². The van der Waals surface area contributed by atoms with E-state index in [9.17, 15) is 4.79 Å². The number of likely N-dealkylation sites (tertiary alicyclic amines) is 1. The van der Waals surface area contributed by atoms with E-state index in [0.717, 1.165) is 12.3 Å². The van der Waals surface area contributed by atoms with Gasteiger partial charge < -0.3 is 4.74 Å². The third kappa shape index (κ3) is 3.44. The molecule has 1 heterocycles. The molecule has 0 aromatic heterocycles. The van der Waals surface area contributed by atoms with Gasteiger partial charge in [0.1, 0.15) is 12.4 Å². The summed E-state index contributed by atoms with van der Waals surface area (Å²) in [6, 6.07) is 7.21. The molecule has 0 radical (unpaired) electrons. The quantitative estimate of drug-likeness (QED) is 0.570. The molecule has 0 atom stereocenters. The minimum Gasteiger partial charge on any atom is -0.492 e. The third-order valence-corrected chi connectivity index (χ3v) is 3.20. The first kappa shape index (κ1) is 12.8. The van der Waals surface area contributed by atoms with Crippen LogP contribution in [0.2, 0.25) is 0 Å². The normalized spacial score (nSPS) is 15.6. The van der Waals surface area contributed by atoms with E-state index in [2.05, 4.69) is 11.5 Å². The molecule has 0 aliphatic carbocycles. The van der Waals surface area contributed by atoms with Gasteiger partial charge in [-0.25, -0.2) is 0 Å². The fraction of sp³-hybridized carbons (Fsp3) is 0.400. The average Bonchev–Trinajstić information content (AvgIpc) is 2.92. The second-order valence-electron chi connectivity index (χ2n) is 4.49. The lowest BCUT2D eigenvalue weighted by Crippen LogP contribution is -2.25. The van der Waals surface area contributed by atoms with Crippen LogP contribution < -0.4 is 4.74 Å². The molecular formula is C15H19NO2. The molecule has 1 aromatic rings. The monoisotopic (exact) mass is 245 g/mol. The van der Waals surface area contributed by atoms with Crippen molar-refractivity contribution in [3.05, 3.63) is 42.5 Å². The number of ketones is 1. The van der Waals surface area contributed by atoms with Crippen LogP contribution in [0.1, 0.15) is 23.2 Å². The predicted molar refractivity (Wildman–Crippen MR) is 72.1 cm³/mol. The maximum atomic E-state index is 11.3. The van der Waals surface area contributed by atoms with Crippen LogP contribution in [0.4, 0.5) is 0 Å². The van der Waals surface area contributed by atoms with Crippen molar-refractivity contribution >= 4 is 5.78 Å². The van der Waals surface area contributed by atoms with Gasteiger partial charge >= 0.3 is 0 Å². The Morgan fingerprint density at radius 1 is 1.28 bits per heavy atom. The molecule has 0 N–H and O–H groups in total. The standard InChI is InChI=1S/C15H19NO2/c1-2-15(17)13-5-7-14(8-6-13)18-12-11-16-9-3-4-10-16/h2,5-8H,1,3-4,9-12H2. The topological polar surface area (TPSA) is 29.5 Å². The molecule has 0 unspecified atom stereocenters. The lowest BCUT2D eigenvalue weighted by molar-refractivity contribution is 0.104. The Kier molecular flexibility index (Phi) is 4.53. The van der Waals surface area contributed by atoms with Gasteiger partial charge in [-0.15, -0.1) is 0 Å². The molecule has 18 heavy (non-hydrogen) atoms. The fourth-order valence-corrected chi connectivity index (χ4v) is 2.13. The number of benzene rings is 1. The van der Waals surface area contributed by atoms with Crippen LogP contribution >= 0.6 is 0 Å². The first-order valence-corrected chi connectivity index (χ1v) is 6.41. The molecule has 96 valence electrons. The maximum absolute atomic E-state index is 11.3. The Morgan fingerprint density at radius 2 is 1.94 bits per heavy atom. The smallest absolute Gasteiger partial charge is 0.185 e. The van der Waals surface area contributed by atoms with E-state index >= 15 is 0 Å². The Bertz CT molecular complexity index is 405. The van der Waals surface area contributed by atoms with Gasteiger partial charge in [0.05, 0.1) is 0 Å². The number of hydrogen-bond donors (Lipinski definition) is 0. The summed E-state index contributed by atoms with van der Waals surface area (Å²) >= 11 is 0. The Morgan fingerprint density at radius 3 is 2.56 bits per heavy atom. The number of rotatable bonds is 6. The summed E-state index contributed by atoms with van der Waals surface area (Å²) in [6.45, 7) is 7.53. The molecule has 1 aliphatic rings. The Balaban J connectivity index is 1.79. The van der Waals surface area contributed by atoms with Crippen molar-refractivity contribution in [2.24, 2.45) is 0 Å². The first-order chi connectivity index (χ1) is 8.79. The van der Waals surface area contributed by atoms with Gasteiger partial charge in [-0.1, -0.05) is 6.58 Å². The van der Waals surface area contributed by atoms with Crippen molar-refractivity contribution in [2.45, 2.75) is 12.8 Å². The van der Waals surface area contributed by atoms with E-state index in [1.807, 2.05) is 12.1 Å². The Hall–Kier alpha value is -1.61. The van der Waals surface area contributed by atoms with Gasteiger partial charge in [-0.05, 0) is 56.3 Å². The second kappa shape index (κ2) is 6.36. The first-order valence-electron chi connectivity index (χ1n) is 6.41. The molecule has 3 nitrogen and oxygen atoms in total. The van der Waals surface area contributed by atoms with Crippen LogP contribution in [0.5, 0.6) is 5.75 Å². The lowest BCUT2D eigenvalue weighted by atomic mass is 10.1. The van der Waals surface area contributed by atoms with Crippen molar-refractivity contribution in [3.63, 3.8) is 0 Å². The van der Waals surface area contributed by atoms with E-state index in [4.69, 9.17) is 4.74 Å². The van der Waals surface area contributed by atoms with Crippen molar-refractivity contribution in [3.8, 4) is 5.75 Å². The van der Waals surface area contributed by atoms with Gasteiger partial charge in [0.25, 0.3) is 0 Å². The molecule has 2 rings (SSSR count). The largest absolute Gasteiger partial charge is 0.492 e. The number of carbonyl (C=O) groups is 1. The van der Waals surface area contributed by atoms with Crippen molar-refractivity contribution in [1.29, 1.82) is 0 Å². The molecule has 0 bridgehead atoms. The fourth-order valence-electron chi connectivity index (χ4n) is 2.13. The number of carbonyl (C=O) groups excluding carboxylic acids is 1. The summed E-state index contributed by atoms with van der Waals surface area (Å²) in [5.41, 5.74) is 0.650. The van der Waals surface area contributed by atoms with Crippen molar-refractivity contribution < 1.29 is 9.53 Å². The van der Waals surface area contributed by atoms with Crippen LogP contribution in [0.25, 0.3) is 0 Å². The zero-order valence-corrected chi connectivity index (χ0v) is 10.6. The summed E-state index contributed by atoms with van der Waals surface area (Å²) in [6.07, 6.45) is 3.93. The summed E-state index contributed by atoms with van der Waals surface area (Å²) in [4.78, 5) is 13.8. The van der Waals surface area contributed by atoms with E-state index in [1.54, 1.807) is 12.1 Å². The molecule has 3 heteroatoms. The molecule has 0 saturated carbocycles. The van der Waals surface area contributed by atoms with Gasteiger partial charge in [0.2, 0.25) is 0 Å². The number of allylic oxidation sites excluding steroid dienone is 1. The van der Waals surface area contributed by atoms with Gasteiger partial charge in [-0.2, -0.15) is 0 Å². The third-order valence-electron chi connectivity index (χ3n) is 3.20. The molecule has 1 aromatic carbocycles. The van der Waals surface area contributed by atoms with Crippen LogP contribution in [0.3, 0.4) is 0 Å².